The van der Waals surface area contributed by atoms with E-state index >= 15 is 0 Å². The van der Waals surface area contributed by atoms with Crippen LogP contribution in [0.5, 0.6) is 0 Å². The monoisotopic (exact) mass is 265 g/mol. The number of rotatable bonds is 6. The Bertz CT molecular complexity index is 415. The number of carboxylic acid groups (broad SMARTS) is 1. The number of carboxylic acids is 1. The number of carbonyl (C=O) groups is 1. The standard InChI is InChI=1S/C14H19NO4/c16-13(17)12(11-4-2-1-3-5-11)8-15-9-14(18)6-7-19-10-14/h1-5,12,15,18H,6-10H2,(H,16,17). The van der Waals surface area contributed by atoms with Crippen molar-refractivity contribution in [2.24, 2.45) is 0 Å². The average Bonchev–Trinajstić information content (AvgIpc) is 2.82. The van der Waals surface area contributed by atoms with Gasteiger partial charge in [0, 0.05) is 26.1 Å². The molecule has 0 aliphatic carbocycles. The smallest absolute Gasteiger partial charge is 0.312 e. The van der Waals surface area contributed by atoms with Crippen molar-refractivity contribution in [3.05, 3.63) is 35.9 Å². The number of nitrogens with one attached hydrogen (secondary N) is 1. The van der Waals surface area contributed by atoms with Crippen LogP contribution in [0.2, 0.25) is 0 Å². The number of aliphatic hydroxyl groups is 1. The van der Waals surface area contributed by atoms with Crippen molar-refractivity contribution in [1.29, 1.82) is 0 Å². The molecule has 1 aliphatic heterocycles. The lowest BCUT2D eigenvalue weighted by Crippen LogP contribution is -2.43. The van der Waals surface area contributed by atoms with E-state index in [-0.39, 0.29) is 0 Å². The van der Waals surface area contributed by atoms with E-state index in [0.29, 0.717) is 32.7 Å². The SMILES string of the molecule is O=C(O)C(CNCC1(O)CCOC1)c1ccccc1. The maximum Gasteiger partial charge on any atom is 0.312 e. The van der Waals surface area contributed by atoms with Crippen molar-refractivity contribution in [1.82, 2.24) is 5.32 Å². The van der Waals surface area contributed by atoms with Gasteiger partial charge in [0.1, 0.15) is 5.60 Å². The summed E-state index contributed by atoms with van der Waals surface area (Å²) in [6.45, 7) is 1.51. The van der Waals surface area contributed by atoms with Crippen molar-refractivity contribution in [3.8, 4) is 0 Å². The van der Waals surface area contributed by atoms with Gasteiger partial charge in [-0.05, 0) is 5.56 Å². The number of aliphatic carboxylic acids is 1. The highest BCUT2D eigenvalue weighted by Gasteiger charge is 2.32. The zero-order chi connectivity index (χ0) is 13.7. The lowest BCUT2D eigenvalue weighted by atomic mass is 9.98. The maximum atomic E-state index is 11.3. The van der Waals surface area contributed by atoms with E-state index in [4.69, 9.17) is 4.74 Å². The summed E-state index contributed by atoms with van der Waals surface area (Å²) in [4.78, 5) is 11.3. The highest BCUT2D eigenvalue weighted by Crippen LogP contribution is 2.18. The van der Waals surface area contributed by atoms with Crippen molar-refractivity contribution in [2.45, 2.75) is 17.9 Å². The summed E-state index contributed by atoms with van der Waals surface area (Å²) < 4.78 is 5.14. The highest BCUT2D eigenvalue weighted by molar-refractivity contribution is 5.76. The maximum absolute atomic E-state index is 11.3. The second-order valence-corrected chi connectivity index (χ2v) is 4.96. The molecule has 5 heteroatoms. The number of benzene rings is 1. The van der Waals surface area contributed by atoms with Crippen LogP contribution >= 0.6 is 0 Å². The number of hydrogen-bond donors (Lipinski definition) is 3. The zero-order valence-electron chi connectivity index (χ0n) is 10.7. The molecular formula is C14H19NO4. The summed E-state index contributed by atoms with van der Waals surface area (Å²) in [6.07, 6.45) is 0.586. The third kappa shape index (κ3) is 3.76. The minimum absolute atomic E-state index is 0.293. The van der Waals surface area contributed by atoms with Crippen molar-refractivity contribution < 1.29 is 19.7 Å². The quantitative estimate of drug-likeness (QED) is 0.702. The molecule has 2 unspecified atom stereocenters. The summed E-state index contributed by atoms with van der Waals surface area (Å²) in [5, 5.41) is 22.4. The Labute approximate surface area is 112 Å². The van der Waals surface area contributed by atoms with Crippen LogP contribution in [-0.2, 0) is 9.53 Å². The Kier molecular flexibility index (Phi) is 4.52. The molecule has 0 radical (unpaired) electrons. The Hall–Kier alpha value is -1.43. The molecule has 1 aromatic carbocycles. The predicted octanol–water partition coefficient (Wildman–Crippen LogP) is 0.596. The van der Waals surface area contributed by atoms with Crippen LogP contribution in [0.1, 0.15) is 17.9 Å². The van der Waals surface area contributed by atoms with Crippen LogP contribution in [0, 0.1) is 0 Å². The molecule has 1 heterocycles. The molecule has 3 N–H and O–H groups in total. The molecule has 2 rings (SSSR count). The van der Waals surface area contributed by atoms with Gasteiger partial charge in [0.05, 0.1) is 12.5 Å². The highest BCUT2D eigenvalue weighted by atomic mass is 16.5. The third-order valence-electron chi connectivity index (χ3n) is 3.39. The summed E-state index contributed by atoms with van der Waals surface area (Å²) in [6, 6.07) is 9.10. The minimum Gasteiger partial charge on any atom is -0.481 e. The number of hydrogen-bond acceptors (Lipinski definition) is 4. The lowest BCUT2D eigenvalue weighted by molar-refractivity contribution is -0.138. The van der Waals surface area contributed by atoms with E-state index in [1.54, 1.807) is 12.1 Å². The fourth-order valence-electron chi connectivity index (χ4n) is 2.22. The number of ether oxygens (including phenoxy) is 1. The van der Waals surface area contributed by atoms with Gasteiger partial charge in [-0.1, -0.05) is 30.3 Å². The fourth-order valence-corrected chi connectivity index (χ4v) is 2.22. The van der Waals surface area contributed by atoms with Crippen molar-refractivity contribution in [3.63, 3.8) is 0 Å². The average molecular weight is 265 g/mol. The normalized spacial score (nSPS) is 24.3. The van der Waals surface area contributed by atoms with Crippen LogP contribution in [0.4, 0.5) is 0 Å². The van der Waals surface area contributed by atoms with Crippen LogP contribution in [0.25, 0.3) is 0 Å². The Balaban J connectivity index is 1.90. The third-order valence-corrected chi connectivity index (χ3v) is 3.39. The molecule has 19 heavy (non-hydrogen) atoms. The first-order valence-corrected chi connectivity index (χ1v) is 6.39. The Morgan fingerprint density at radius 3 is 2.74 bits per heavy atom. The molecule has 0 spiro atoms. The first-order chi connectivity index (χ1) is 9.11. The van der Waals surface area contributed by atoms with Crippen molar-refractivity contribution >= 4 is 5.97 Å². The molecule has 1 aromatic rings. The van der Waals surface area contributed by atoms with Gasteiger partial charge in [0.2, 0.25) is 0 Å². The molecule has 104 valence electrons. The predicted molar refractivity (Wildman–Crippen MR) is 70.1 cm³/mol. The molecule has 2 atom stereocenters. The van der Waals surface area contributed by atoms with Crippen LogP contribution < -0.4 is 5.32 Å². The van der Waals surface area contributed by atoms with Gasteiger partial charge in [-0.15, -0.1) is 0 Å². The summed E-state index contributed by atoms with van der Waals surface area (Å²) in [5.74, 6) is -1.47. The second-order valence-electron chi connectivity index (χ2n) is 4.96. The second kappa shape index (κ2) is 6.14. The fraction of sp³-hybridized carbons (Fsp3) is 0.500. The molecule has 1 aliphatic rings. The van der Waals surface area contributed by atoms with Gasteiger partial charge in [-0.2, -0.15) is 0 Å². The van der Waals surface area contributed by atoms with Gasteiger partial charge < -0.3 is 20.3 Å². The molecule has 5 nitrogen and oxygen atoms in total. The largest absolute Gasteiger partial charge is 0.481 e. The molecule has 0 amide bonds. The first-order valence-electron chi connectivity index (χ1n) is 6.39. The van der Waals surface area contributed by atoms with Crippen LogP contribution in [-0.4, -0.2) is 48.1 Å². The first kappa shape index (κ1) is 14.0. The van der Waals surface area contributed by atoms with E-state index in [9.17, 15) is 15.0 Å². The molecule has 0 saturated carbocycles. The minimum atomic E-state index is -0.867. The molecule has 1 saturated heterocycles. The van der Waals surface area contributed by atoms with Crippen LogP contribution in [0.15, 0.2) is 30.3 Å². The van der Waals surface area contributed by atoms with Gasteiger partial charge in [-0.25, -0.2) is 0 Å². The van der Waals surface area contributed by atoms with E-state index in [1.165, 1.54) is 0 Å². The summed E-state index contributed by atoms with van der Waals surface area (Å²) in [7, 11) is 0. The van der Waals surface area contributed by atoms with Crippen molar-refractivity contribution in [2.75, 3.05) is 26.3 Å². The summed E-state index contributed by atoms with van der Waals surface area (Å²) in [5.41, 5.74) is -0.100. The van der Waals surface area contributed by atoms with E-state index in [1.807, 2.05) is 18.2 Å². The van der Waals surface area contributed by atoms with Crippen LogP contribution in [0.3, 0.4) is 0 Å². The van der Waals surface area contributed by atoms with E-state index in [0.717, 1.165) is 5.56 Å². The molecule has 0 aromatic heterocycles. The lowest BCUT2D eigenvalue weighted by Gasteiger charge is -2.22. The van der Waals surface area contributed by atoms with Gasteiger partial charge in [-0.3, -0.25) is 4.79 Å². The Morgan fingerprint density at radius 1 is 1.42 bits per heavy atom. The van der Waals surface area contributed by atoms with Gasteiger partial charge in [0.25, 0.3) is 0 Å². The summed E-state index contributed by atoms with van der Waals surface area (Å²) >= 11 is 0. The Morgan fingerprint density at radius 2 is 2.16 bits per heavy atom. The molecule has 1 fully saturated rings. The van der Waals surface area contributed by atoms with Gasteiger partial charge >= 0.3 is 5.97 Å². The van der Waals surface area contributed by atoms with Gasteiger partial charge in [0.15, 0.2) is 0 Å². The molecular weight excluding hydrogens is 246 g/mol. The topological polar surface area (TPSA) is 78.8 Å². The zero-order valence-corrected chi connectivity index (χ0v) is 10.7. The molecule has 0 bridgehead atoms. The van der Waals surface area contributed by atoms with E-state index in [2.05, 4.69) is 5.32 Å². The van der Waals surface area contributed by atoms with E-state index < -0.39 is 17.5 Å².